The molecule has 42 heavy (non-hydrogen) atoms. The van der Waals surface area contributed by atoms with Gasteiger partial charge in [0.2, 0.25) is 5.88 Å². The largest absolute Gasteiger partial charge is 0.493 e. The topological polar surface area (TPSA) is 97.1 Å². The molecular weight excluding hydrogens is 532 g/mol. The first kappa shape index (κ1) is 26.0. The van der Waals surface area contributed by atoms with Gasteiger partial charge in [0.15, 0.2) is 28.8 Å². The lowest BCUT2D eigenvalue weighted by molar-refractivity contribution is -0.118. The molecule has 3 heterocycles. The molecule has 9 heteroatoms. The number of hydrogen-bond donors (Lipinski definition) is 0. The molecule has 3 aromatic carbocycles. The SMILES string of the molecule is COc1ccc(C2C3=C(CC(C)(C)CC3=O)Oc3ncn4nc(COc5cccc6ccccc56)nc4c32)cc1OC. The molecule has 212 valence electrons. The number of methoxy groups -OCH3 is 2. The van der Waals surface area contributed by atoms with Gasteiger partial charge in [-0.1, -0.05) is 56.3 Å². The zero-order chi connectivity index (χ0) is 29.0. The van der Waals surface area contributed by atoms with Crippen LogP contribution in [0.2, 0.25) is 0 Å². The molecule has 0 fully saturated rings. The van der Waals surface area contributed by atoms with E-state index in [9.17, 15) is 4.79 Å². The first-order valence-corrected chi connectivity index (χ1v) is 13.9. The number of carbonyl (C=O) groups excluding carboxylic acids is 1. The second-order valence-electron chi connectivity index (χ2n) is 11.5. The molecule has 1 aliphatic heterocycles. The quantitative estimate of drug-likeness (QED) is 0.247. The van der Waals surface area contributed by atoms with Gasteiger partial charge in [-0.25, -0.2) is 14.5 Å². The first-order chi connectivity index (χ1) is 20.3. The predicted octanol–water partition coefficient (Wildman–Crippen LogP) is 6.04. The van der Waals surface area contributed by atoms with Crippen molar-refractivity contribution < 1.29 is 23.7 Å². The van der Waals surface area contributed by atoms with Crippen LogP contribution in [0.5, 0.6) is 23.1 Å². The summed E-state index contributed by atoms with van der Waals surface area (Å²) in [5, 5.41) is 6.78. The van der Waals surface area contributed by atoms with E-state index in [1.165, 1.54) is 0 Å². The lowest BCUT2D eigenvalue weighted by atomic mass is 9.70. The summed E-state index contributed by atoms with van der Waals surface area (Å²) in [6, 6.07) is 19.7. The Hall–Kier alpha value is -4.92. The van der Waals surface area contributed by atoms with Crippen LogP contribution in [0.3, 0.4) is 0 Å². The van der Waals surface area contributed by atoms with E-state index in [0.29, 0.717) is 58.6 Å². The van der Waals surface area contributed by atoms with E-state index in [2.05, 4.69) is 23.9 Å². The molecule has 0 saturated carbocycles. The Morgan fingerprint density at radius 3 is 2.62 bits per heavy atom. The minimum atomic E-state index is -0.473. The molecule has 2 aliphatic rings. The van der Waals surface area contributed by atoms with Crippen LogP contribution in [-0.2, 0) is 11.4 Å². The van der Waals surface area contributed by atoms with E-state index in [0.717, 1.165) is 22.1 Å². The van der Waals surface area contributed by atoms with Crippen LogP contribution in [0.25, 0.3) is 16.4 Å². The Morgan fingerprint density at radius 1 is 0.976 bits per heavy atom. The van der Waals surface area contributed by atoms with E-state index in [4.69, 9.17) is 23.9 Å². The van der Waals surface area contributed by atoms with Gasteiger partial charge in [-0.05, 0) is 34.6 Å². The van der Waals surface area contributed by atoms with Crippen LogP contribution in [0.15, 0.2) is 78.3 Å². The van der Waals surface area contributed by atoms with Gasteiger partial charge in [-0.2, -0.15) is 0 Å². The highest BCUT2D eigenvalue weighted by Crippen LogP contribution is 2.51. The van der Waals surface area contributed by atoms with Crippen molar-refractivity contribution in [2.24, 2.45) is 5.41 Å². The maximum atomic E-state index is 13.7. The monoisotopic (exact) mass is 562 g/mol. The van der Waals surface area contributed by atoms with Crippen LogP contribution in [0.1, 0.15) is 49.6 Å². The lowest BCUT2D eigenvalue weighted by Gasteiger charge is -2.37. The van der Waals surface area contributed by atoms with Gasteiger partial charge in [0.25, 0.3) is 0 Å². The molecule has 0 amide bonds. The van der Waals surface area contributed by atoms with Gasteiger partial charge >= 0.3 is 0 Å². The molecule has 7 rings (SSSR count). The predicted molar refractivity (Wildman–Crippen MR) is 156 cm³/mol. The molecule has 0 bridgehead atoms. The number of rotatable bonds is 6. The third-order valence-electron chi connectivity index (χ3n) is 7.95. The van der Waals surface area contributed by atoms with Gasteiger partial charge in [0.05, 0.1) is 25.7 Å². The van der Waals surface area contributed by atoms with Gasteiger partial charge in [0.1, 0.15) is 24.4 Å². The van der Waals surface area contributed by atoms with Crippen LogP contribution < -0.4 is 18.9 Å². The maximum Gasteiger partial charge on any atom is 0.228 e. The summed E-state index contributed by atoms with van der Waals surface area (Å²) >= 11 is 0. The molecule has 0 radical (unpaired) electrons. The summed E-state index contributed by atoms with van der Waals surface area (Å²) < 4.78 is 25.3. The molecule has 1 unspecified atom stereocenters. The van der Waals surface area contributed by atoms with E-state index in [-0.39, 0.29) is 17.8 Å². The number of hydrogen-bond acceptors (Lipinski definition) is 8. The lowest BCUT2D eigenvalue weighted by Crippen LogP contribution is -2.33. The van der Waals surface area contributed by atoms with Gasteiger partial charge in [-0.15, -0.1) is 5.10 Å². The minimum Gasteiger partial charge on any atom is -0.493 e. The number of Topliss-reactive ketones (excluding diaryl/α,β-unsaturated/α-hetero) is 1. The van der Waals surface area contributed by atoms with Crippen molar-refractivity contribution in [2.45, 2.75) is 39.2 Å². The van der Waals surface area contributed by atoms with Gasteiger partial charge in [0, 0.05) is 23.8 Å². The number of fused-ring (bicyclic) bond motifs is 4. The van der Waals surface area contributed by atoms with Crippen LogP contribution in [0.4, 0.5) is 0 Å². The number of benzene rings is 3. The molecule has 1 atom stereocenters. The third-order valence-corrected chi connectivity index (χ3v) is 7.95. The van der Waals surface area contributed by atoms with Crippen molar-refractivity contribution in [3.63, 3.8) is 0 Å². The number of carbonyl (C=O) groups is 1. The van der Waals surface area contributed by atoms with Crippen molar-refractivity contribution in [1.82, 2.24) is 19.6 Å². The number of nitrogens with zero attached hydrogens (tertiary/aromatic N) is 4. The molecule has 0 saturated heterocycles. The number of allylic oxidation sites excluding steroid dienone is 2. The Labute approximate surface area is 242 Å². The Kier molecular flexibility index (Phi) is 6.11. The Bertz CT molecular complexity index is 1900. The van der Waals surface area contributed by atoms with Crippen LogP contribution in [0, 0.1) is 5.41 Å². The van der Waals surface area contributed by atoms with Crippen LogP contribution >= 0.6 is 0 Å². The zero-order valence-electron chi connectivity index (χ0n) is 23.9. The average Bonchev–Trinajstić information content (AvgIpc) is 3.41. The Morgan fingerprint density at radius 2 is 1.79 bits per heavy atom. The second-order valence-corrected chi connectivity index (χ2v) is 11.5. The fourth-order valence-electron chi connectivity index (χ4n) is 6.08. The average molecular weight is 563 g/mol. The van der Waals surface area contributed by atoms with Gasteiger partial charge < -0.3 is 18.9 Å². The maximum absolute atomic E-state index is 13.7. The summed E-state index contributed by atoms with van der Waals surface area (Å²) in [6.45, 7) is 4.32. The Balaban J connectivity index is 1.34. The molecule has 0 N–H and O–H groups in total. The van der Waals surface area contributed by atoms with Crippen molar-refractivity contribution >= 4 is 22.2 Å². The van der Waals surface area contributed by atoms with Crippen LogP contribution in [-0.4, -0.2) is 39.6 Å². The van der Waals surface area contributed by atoms with Crippen molar-refractivity contribution in [2.75, 3.05) is 14.2 Å². The second kappa shape index (κ2) is 9.87. The summed E-state index contributed by atoms with van der Waals surface area (Å²) in [7, 11) is 3.19. The molecule has 0 spiro atoms. The molecule has 9 nitrogen and oxygen atoms in total. The normalized spacial score (nSPS) is 17.5. The first-order valence-electron chi connectivity index (χ1n) is 13.9. The summed E-state index contributed by atoms with van der Waals surface area (Å²) in [5.41, 5.74) is 2.49. The smallest absolute Gasteiger partial charge is 0.228 e. The molecule has 1 aliphatic carbocycles. The number of ketones is 1. The molecule has 5 aromatic rings. The zero-order valence-corrected chi connectivity index (χ0v) is 23.9. The van der Waals surface area contributed by atoms with Crippen molar-refractivity contribution in [3.05, 3.63) is 95.3 Å². The standard InChI is InChI=1S/C33H30N4O5/c1-33(2)15-22(38)29-26(16-33)42-32-30(28(29)20-12-13-24(39-3)25(14-20)40-4)31-35-27(36-37(31)18-34-32)17-41-23-11-7-9-19-8-5-6-10-21(19)23/h5-14,18,28H,15-17H2,1-4H3. The van der Waals surface area contributed by atoms with Crippen molar-refractivity contribution in [3.8, 4) is 23.1 Å². The summed E-state index contributed by atoms with van der Waals surface area (Å²) in [6.07, 6.45) is 2.64. The highest BCUT2D eigenvalue weighted by Gasteiger charge is 2.44. The minimum absolute atomic E-state index is 0.0488. The van der Waals surface area contributed by atoms with E-state index in [1.54, 1.807) is 25.1 Å². The van der Waals surface area contributed by atoms with Gasteiger partial charge in [-0.3, -0.25) is 4.79 Å². The summed E-state index contributed by atoms with van der Waals surface area (Å²) in [4.78, 5) is 23.3. The fourth-order valence-corrected chi connectivity index (χ4v) is 6.08. The highest BCUT2D eigenvalue weighted by molar-refractivity contribution is 6.00. The number of ether oxygens (including phenoxy) is 4. The third kappa shape index (κ3) is 4.32. The van der Waals surface area contributed by atoms with E-state index >= 15 is 0 Å². The fraction of sp³-hybridized carbons (Fsp3) is 0.273. The molecular formula is C33H30N4O5. The van der Waals surface area contributed by atoms with E-state index in [1.807, 2.05) is 60.7 Å². The van der Waals surface area contributed by atoms with E-state index < -0.39 is 5.92 Å². The number of aromatic nitrogens is 4. The molecule has 2 aromatic heterocycles. The summed E-state index contributed by atoms with van der Waals surface area (Å²) in [5.74, 6) is 3.06. The highest BCUT2D eigenvalue weighted by atomic mass is 16.5. The van der Waals surface area contributed by atoms with Crippen molar-refractivity contribution in [1.29, 1.82) is 0 Å².